The van der Waals surface area contributed by atoms with Gasteiger partial charge in [0.2, 0.25) is 0 Å². The van der Waals surface area contributed by atoms with Crippen LogP contribution in [0.25, 0.3) is 0 Å². The molecule has 2 aromatic carbocycles. The Labute approximate surface area is 113 Å². The maximum absolute atomic E-state index is 9.98. The van der Waals surface area contributed by atoms with Gasteiger partial charge in [-0.05, 0) is 31.5 Å². The molecule has 0 spiro atoms. The molecule has 100 valence electrons. The first-order chi connectivity index (χ1) is 9.11. The van der Waals surface area contributed by atoms with E-state index in [4.69, 9.17) is 0 Å². The lowest BCUT2D eigenvalue weighted by atomic mass is 10.0. The summed E-state index contributed by atoms with van der Waals surface area (Å²) in [5.41, 5.74) is 3.61. The lowest BCUT2D eigenvalue weighted by molar-refractivity contribution is 0.282. The van der Waals surface area contributed by atoms with Crippen LogP contribution < -0.4 is 5.32 Å². The van der Waals surface area contributed by atoms with Crippen molar-refractivity contribution in [2.75, 3.05) is 5.32 Å². The van der Waals surface area contributed by atoms with Gasteiger partial charge >= 0.3 is 0 Å². The quantitative estimate of drug-likeness (QED) is 0.787. The monoisotopic (exact) mass is 257 g/mol. The first-order valence-electron chi connectivity index (χ1n) is 6.36. The van der Waals surface area contributed by atoms with Gasteiger partial charge in [-0.25, -0.2) is 0 Å². The Kier molecular flexibility index (Phi) is 4.07. The summed E-state index contributed by atoms with van der Waals surface area (Å²) >= 11 is 0. The summed E-state index contributed by atoms with van der Waals surface area (Å²) in [5.74, 6) is 0.293. The molecule has 0 aromatic heterocycles. The standard InChI is InChI=1S/C16H19NO2/c1-11-7-8-14(16(19)9-11)12(2)17-15-6-4-3-5-13(15)10-18/h3-9,12,17-19H,10H2,1-2H3. The smallest absolute Gasteiger partial charge is 0.121 e. The largest absolute Gasteiger partial charge is 0.508 e. The molecule has 3 heteroatoms. The average molecular weight is 257 g/mol. The number of hydrogen-bond donors (Lipinski definition) is 3. The number of aryl methyl sites for hydroxylation is 1. The molecule has 0 bridgehead atoms. The van der Waals surface area contributed by atoms with E-state index in [9.17, 15) is 10.2 Å². The molecule has 0 fully saturated rings. The van der Waals surface area contributed by atoms with Crippen LogP contribution in [0.2, 0.25) is 0 Å². The summed E-state index contributed by atoms with van der Waals surface area (Å²) in [6.45, 7) is 3.93. The van der Waals surface area contributed by atoms with Crippen molar-refractivity contribution in [1.82, 2.24) is 0 Å². The highest BCUT2D eigenvalue weighted by molar-refractivity contribution is 5.53. The number of hydrogen-bond acceptors (Lipinski definition) is 3. The van der Waals surface area contributed by atoms with E-state index < -0.39 is 0 Å². The lowest BCUT2D eigenvalue weighted by Gasteiger charge is -2.19. The Morgan fingerprint density at radius 1 is 1.16 bits per heavy atom. The minimum Gasteiger partial charge on any atom is -0.508 e. The zero-order chi connectivity index (χ0) is 13.8. The summed E-state index contributed by atoms with van der Waals surface area (Å²) in [7, 11) is 0. The van der Waals surface area contributed by atoms with Crippen molar-refractivity contribution in [3.8, 4) is 5.75 Å². The van der Waals surface area contributed by atoms with Gasteiger partial charge in [0.15, 0.2) is 0 Å². The number of aromatic hydroxyl groups is 1. The Morgan fingerprint density at radius 2 is 1.89 bits per heavy atom. The highest BCUT2D eigenvalue weighted by atomic mass is 16.3. The molecule has 3 nitrogen and oxygen atoms in total. The molecule has 0 aliphatic heterocycles. The maximum Gasteiger partial charge on any atom is 0.121 e. The number of phenols is 1. The van der Waals surface area contributed by atoms with E-state index in [0.717, 1.165) is 22.4 Å². The van der Waals surface area contributed by atoms with E-state index >= 15 is 0 Å². The van der Waals surface area contributed by atoms with E-state index in [2.05, 4.69) is 5.32 Å². The Morgan fingerprint density at radius 3 is 2.58 bits per heavy atom. The van der Waals surface area contributed by atoms with Crippen molar-refractivity contribution < 1.29 is 10.2 Å². The third-order valence-corrected chi connectivity index (χ3v) is 3.21. The molecule has 19 heavy (non-hydrogen) atoms. The Bertz CT molecular complexity index is 566. The first kappa shape index (κ1) is 13.4. The molecule has 1 unspecified atom stereocenters. The minimum atomic E-state index is -0.0340. The zero-order valence-corrected chi connectivity index (χ0v) is 11.2. The van der Waals surface area contributed by atoms with Crippen molar-refractivity contribution in [3.63, 3.8) is 0 Å². The van der Waals surface area contributed by atoms with E-state index in [1.807, 2.05) is 50.2 Å². The predicted octanol–water partition coefficient (Wildman–Crippen LogP) is 3.37. The third-order valence-electron chi connectivity index (χ3n) is 3.21. The number of phenolic OH excluding ortho intramolecular Hbond substituents is 1. The van der Waals surface area contributed by atoms with Crippen LogP contribution in [-0.4, -0.2) is 10.2 Å². The van der Waals surface area contributed by atoms with Gasteiger partial charge in [-0.3, -0.25) is 0 Å². The summed E-state index contributed by atoms with van der Waals surface area (Å²) in [6, 6.07) is 13.2. The van der Waals surface area contributed by atoms with Crippen LogP contribution in [-0.2, 0) is 6.61 Å². The van der Waals surface area contributed by atoms with Crippen molar-refractivity contribution in [3.05, 3.63) is 59.2 Å². The topological polar surface area (TPSA) is 52.5 Å². The fourth-order valence-corrected chi connectivity index (χ4v) is 2.13. The minimum absolute atomic E-state index is 0.00419. The van der Waals surface area contributed by atoms with Crippen LogP contribution >= 0.6 is 0 Å². The van der Waals surface area contributed by atoms with Gasteiger partial charge in [0.25, 0.3) is 0 Å². The first-order valence-corrected chi connectivity index (χ1v) is 6.36. The van der Waals surface area contributed by atoms with Crippen LogP contribution in [0.1, 0.15) is 29.7 Å². The Hall–Kier alpha value is -2.00. The molecular weight excluding hydrogens is 238 g/mol. The lowest BCUT2D eigenvalue weighted by Crippen LogP contribution is -2.08. The summed E-state index contributed by atoms with van der Waals surface area (Å²) in [6.07, 6.45) is 0. The Balaban J connectivity index is 2.23. The molecular formula is C16H19NO2. The number of nitrogens with one attached hydrogen (secondary N) is 1. The number of anilines is 1. The van der Waals surface area contributed by atoms with Crippen LogP contribution in [0.4, 0.5) is 5.69 Å². The molecule has 3 N–H and O–H groups in total. The molecule has 0 aliphatic rings. The van der Waals surface area contributed by atoms with Gasteiger partial charge in [0, 0.05) is 16.8 Å². The van der Waals surface area contributed by atoms with Gasteiger partial charge in [-0.2, -0.15) is 0 Å². The van der Waals surface area contributed by atoms with E-state index in [0.29, 0.717) is 5.75 Å². The van der Waals surface area contributed by atoms with E-state index in [1.165, 1.54) is 0 Å². The second kappa shape index (κ2) is 5.76. The van der Waals surface area contributed by atoms with Gasteiger partial charge in [0.1, 0.15) is 5.75 Å². The van der Waals surface area contributed by atoms with Gasteiger partial charge in [-0.15, -0.1) is 0 Å². The molecule has 0 saturated heterocycles. The number of aliphatic hydroxyl groups excluding tert-OH is 1. The van der Waals surface area contributed by atoms with Crippen LogP contribution in [0, 0.1) is 6.92 Å². The van der Waals surface area contributed by atoms with Gasteiger partial charge < -0.3 is 15.5 Å². The van der Waals surface area contributed by atoms with Crippen molar-refractivity contribution >= 4 is 5.69 Å². The number of benzene rings is 2. The van der Waals surface area contributed by atoms with Crippen molar-refractivity contribution in [2.45, 2.75) is 26.5 Å². The van der Waals surface area contributed by atoms with Gasteiger partial charge in [0.05, 0.1) is 12.6 Å². The summed E-state index contributed by atoms with van der Waals surface area (Å²) < 4.78 is 0. The van der Waals surface area contributed by atoms with Crippen molar-refractivity contribution in [2.24, 2.45) is 0 Å². The highest BCUT2D eigenvalue weighted by Gasteiger charge is 2.11. The highest BCUT2D eigenvalue weighted by Crippen LogP contribution is 2.28. The molecule has 2 rings (SSSR count). The van der Waals surface area contributed by atoms with E-state index in [-0.39, 0.29) is 12.6 Å². The van der Waals surface area contributed by atoms with E-state index in [1.54, 1.807) is 6.07 Å². The fourth-order valence-electron chi connectivity index (χ4n) is 2.13. The van der Waals surface area contributed by atoms with Crippen LogP contribution in [0.5, 0.6) is 5.75 Å². The second-order valence-electron chi connectivity index (χ2n) is 4.74. The second-order valence-corrected chi connectivity index (χ2v) is 4.74. The fraction of sp³-hybridized carbons (Fsp3) is 0.250. The number of aliphatic hydroxyl groups is 1. The predicted molar refractivity (Wildman–Crippen MR) is 77.2 cm³/mol. The normalized spacial score (nSPS) is 12.2. The molecule has 1 atom stereocenters. The molecule has 0 aliphatic carbocycles. The van der Waals surface area contributed by atoms with Crippen LogP contribution in [0.15, 0.2) is 42.5 Å². The van der Waals surface area contributed by atoms with Crippen molar-refractivity contribution in [1.29, 1.82) is 0 Å². The number of para-hydroxylation sites is 1. The molecule has 0 amide bonds. The van der Waals surface area contributed by atoms with Crippen LogP contribution in [0.3, 0.4) is 0 Å². The van der Waals surface area contributed by atoms with Gasteiger partial charge in [-0.1, -0.05) is 30.3 Å². The molecule has 0 saturated carbocycles. The molecule has 0 heterocycles. The summed E-state index contributed by atoms with van der Waals surface area (Å²) in [5, 5.41) is 22.6. The third kappa shape index (κ3) is 3.06. The zero-order valence-electron chi connectivity index (χ0n) is 11.2. The SMILES string of the molecule is Cc1ccc(C(C)Nc2ccccc2CO)c(O)c1. The average Bonchev–Trinajstić information content (AvgIpc) is 2.39. The molecule has 0 radical (unpaired) electrons. The summed E-state index contributed by atoms with van der Waals surface area (Å²) in [4.78, 5) is 0. The molecule has 2 aromatic rings. The maximum atomic E-state index is 9.98. The number of rotatable bonds is 4.